The highest BCUT2D eigenvalue weighted by Crippen LogP contribution is 2.26. The van der Waals surface area contributed by atoms with Crippen molar-refractivity contribution in [2.75, 3.05) is 13.7 Å². The minimum absolute atomic E-state index is 0.0366. The summed E-state index contributed by atoms with van der Waals surface area (Å²) in [6.07, 6.45) is 1.92. The molecule has 0 N–H and O–H groups in total. The molecular weight excluding hydrogens is 214 g/mol. The maximum absolute atomic E-state index is 12.1. The lowest BCUT2D eigenvalue weighted by molar-refractivity contribution is -0.127. The van der Waals surface area contributed by atoms with Crippen LogP contribution >= 0.6 is 0 Å². The van der Waals surface area contributed by atoms with E-state index in [-0.39, 0.29) is 11.9 Å². The Morgan fingerprint density at radius 3 is 2.76 bits per heavy atom. The third-order valence-electron chi connectivity index (χ3n) is 3.00. The van der Waals surface area contributed by atoms with Crippen LogP contribution in [0.15, 0.2) is 29.8 Å². The van der Waals surface area contributed by atoms with Gasteiger partial charge in [0, 0.05) is 18.7 Å². The molecule has 1 aliphatic heterocycles. The van der Waals surface area contributed by atoms with Crippen LogP contribution in [0.4, 0.5) is 0 Å². The lowest BCUT2D eigenvalue weighted by Gasteiger charge is -2.25. The summed E-state index contributed by atoms with van der Waals surface area (Å²) in [5.74, 6) is 0.880. The number of benzene rings is 1. The fraction of sp³-hybridized carbons (Fsp3) is 0.357. The van der Waals surface area contributed by atoms with E-state index in [2.05, 4.69) is 0 Å². The molecule has 0 atom stereocenters. The Morgan fingerprint density at radius 2 is 2.06 bits per heavy atom. The van der Waals surface area contributed by atoms with Gasteiger partial charge in [-0.1, -0.05) is 18.2 Å². The fourth-order valence-corrected chi connectivity index (χ4v) is 1.70. The number of fused-ring (bicyclic) bond motifs is 1. The van der Waals surface area contributed by atoms with E-state index in [1.54, 1.807) is 4.90 Å². The molecule has 0 radical (unpaired) electrons. The van der Waals surface area contributed by atoms with E-state index in [1.165, 1.54) is 0 Å². The summed E-state index contributed by atoms with van der Waals surface area (Å²) in [7, 11) is 1.81. The molecule has 17 heavy (non-hydrogen) atoms. The average Bonchev–Trinajstić information content (AvgIpc) is 2.36. The third-order valence-corrected chi connectivity index (χ3v) is 3.00. The summed E-state index contributed by atoms with van der Waals surface area (Å²) < 4.78 is 5.57. The zero-order valence-electron chi connectivity index (χ0n) is 10.4. The average molecular weight is 231 g/mol. The Labute approximate surface area is 102 Å². The van der Waals surface area contributed by atoms with E-state index in [1.807, 2.05) is 51.2 Å². The molecule has 0 aromatic heterocycles. The van der Waals surface area contributed by atoms with Crippen molar-refractivity contribution < 1.29 is 9.53 Å². The normalized spacial score (nSPS) is 13.8. The molecule has 0 aliphatic carbocycles. The lowest BCUT2D eigenvalue weighted by Crippen LogP contribution is -2.35. The largest absolute Gasteiger partial charge is 0.488 e. The summed E-state index contributed by atoms with van der Waals surface area (Å²) in [4.78, 5) is 13.9. The second-order valence-electron chi connectivity index (χ2n) is 4.51. The van der Waals surface area contributed by atoms with Crippen molar-refractivity contribution in [1.29, 1.82) is 0 Å². The number of carbonyl (C=O) groups is 1. The van der Waals surface area contributed by atoms with Gasteiger partial charge in [-0.3, -0.25) is 4.79 Å². The van der Waals surface area contributed by atoms with Gasteiger partial charge in [-0.05, 0) is 26.0 Å². The number of para-hydroxylation sites is 1. The van der Waals surface area contributed by atoms with Gasteiger partial charge in [0.15, 0.2) is 0 Å². The van der Waals surface area contributed by atoms with E-state index in [0.717, 1.165) is 11.3 Å². The summed E-state index contributed by atoms with van der Waals surface area (Å²) in [6, 6.07) is 7.94. The van der Waals surface area contributed by atoms with E-state index in [9.17, 15) is 4.79 Å². The number of hydrogen-bond donors (Lipinski definition) is 0. The monoisotopic (exact) mass is 231 g/mol. The number of carbonyl (C=O) groups excluding carboxylic acids is 1. The molecule has 0 unspecified atom stereocenters. The van der Waals surface area contributed by atoms with Crippen molar-refractivity contribution in [1.82, 2.24) is 4.90 Å². The van der Waals surface area contributed by atoms with Crippen LogP contribution in [0.3, 0.4) is 0 Å². The van der Waals surface area contributed by atoms with Crippen molar-refractivity contribution in [3.8, 4) is 5.75 Å². The zero-order chi connectivity index (χ0) is 12.4. The zero-order valence-corrected chi connectivity index (χ0v) is 10.4. The SMILES string of the molecule is CC(C)N(C)C(=O)C1=Cc2ccccc2OC1. The van der Waals surface area contributed by atoms with Gasteiger partial charge in [0.05, 0.1) is 5.57 Å². The van der Waals surface area contributed by atoms with Crippen LogP contribution in [0.25, 0.3) is 6.08 Å². The molecule has 0 saturated heterocycles. The van der Waals surface area contributed by atoms with Crippen molar-refractivity contribution in [3.63, 3.8) is 0 Å². The Hall–Kier alpha value is -1.77. The molecule has 3 nitrogen and oxygen atoms in total. The number of likely N-dealkylation sites (N-methyl/N-ethyl adjacent to an activating group) is 1. The Bertz CT molecular complexity index is 463. The highest BCUT2D eigenvalue weighted by atomic mass is 16.5. The maximum Gasteiger partial charge on any atom is 0.253 e. The Balaban J connectivity index is 2.25. The molecule has 1 aromatic carbocycles. The van der Waals surface area contributed by atoms with Crippen LogP contribution in [0, 0.1) is 0 Å². The molecule has 2 rings (SSSR count). The van der Waals surface area contributed by atoms with Gasteiger partial charge in [0.2, 0.25) is 0 Å². The molecule has 90 valence electrons. The summed E-state index contributed by atoms with van der Waals surface area (Å²) in [5.41, 5.74) is 1.68. The van der Waals surface area contributed by atoms with Crippen molar-refractivity contribution >= 4 is 12.0 Å². The number of amides is 1. The van der Waals surface area contributed by atoms with Gasteiger partial charge < -0.3 is 9.64 Å². The van der Waals surface area contributed by atoms with Gasteiger partial charge in [0.25, 0.3) is 5.91 Å². The molecule has 1 aliphatic rings. The lowest BCUT2D eigenvalue weighted by atomic mass is 10.1. The van der Waals surface area contributed by atoms with E-state index >= 15 is 0 Å². The molecule has 1 heterocycles. The minimum Gasteiger partial charge on any atom is -0.488 e. The molecule has 0 saturated carbocycles. The number of rotatable bonds is 2. The molecule has 1 aromatic rings. The summed E-state index contributed by atoms with van der Waals surface area (Å²) in [5, 5.41) is 0. The molecule has 3 heteroatoms. The minimum atomic E-state index is 0.0366. The van der Waals surface area contributed by atoms with Crippen molar-refractivity contribution in [2.24, 2.45) is 0 Å². The summed E-state index contributed by atoms with van der Waals surface area (Å²) >= 11 is 0. The van der Waals surface area contributed by atoms with Crippen LogP contribution in [0.5, 0.6) is 5.75 Å². The van der Waals surface area contributed by atoms with Gasteiger partial charge in [-0.25, -0.2) is 0 Å². The second kappa shape index (κ2) is 4.62. The second-order valence-corrected chi connectivity index (χ2v) is 4.51. The first-order chi connectivity index (χ1) is 8.09. The van der Waals surface area contributed by atoms with Gasteiger partial charge in [-0.2, -0.15) is 0 Å². The van der Waals surface area contributed by atoms with E-state index < -0.39 is 0 Å². The first-order valence-corrected chi connectivity index (χ1v) is 5.79. The predicted octanol–water partition coefficient (Wildman–Crippen LogP) is 2.33. The highest BCUT2D eigenvalue weighted by Gasteiger charge is 2.21. The molecule has 1 amide bonds. The molecule has 0 bridgehead atoms. The molecule has 0 spiro atoms. The van der Waals surface area contributed by atoms with Gasteiger partial charge in [0.1, 0.15) is 12.4 Å². The first-order valence-electron chi connectivity index (χ1n) is 5.79. The first kappa shape index (κ1) is 11.7. The Kier molecular flexibility index (Phi) is 3.18. The van der Waals surface area contributed by atoms with Gasteiger partial charge >= 0.3 is 0 Å². The number of ether oxygens (including phenoxy) is 1. The van der Waals surface area contributed by atoms with E-state index in [4.69, 9.17) is 4.74 Å². The van der Waals surface area contributed by atoms with Crippen LogP contribution in [-0.4, -0.2) is 30.5 Å². The Morgan fingerprint density at radius 1 is 1.35 bits per heavy atom. The van der Waals surface area contributed by atoms with Crippen LogP contribution < -0.4 is 4.74 Å². The summed E-state index contributed by atoms with van der Waals surface area (Å²) in [6.45, 7) is 4.35. The fourth-order valence-electron chi connectivity index (χ4n) is 1.70. The van der Waals surface area contributed by atoms with Crippen molar-refractivity contribution in [3.05, 3.63) is 35.4 Å². The number of nitrogens with zero attached hydrogens (tertiary/aromatic N) is 1. The maximum atomic E-state index is 12.1. The molecular formula is C14H17NO2. The van der Waals surface area contributed by atoms with Crippen LogP contribution in [0.2, 0.25) is 0 Å². The van der Waals surface area contributed by atoms with E-state index in [0.29, 0.717) is 12.2 Å². The van der Waals surface area contributed by atoms with Crippen LogP contribution in [-0.2, 0) is 4.79 Å². The topological polar surface area (TPSA) is 29.5 Å². The number of hydrogen-bond acceptors (Lipinski definition) is 2. The highest BCUT2D eigenvalue weighted by molar-refractivity contribution is 5.99. The van der Waals surface area contributed by atoms with Crippen LogP contribution in [0.1, 0.15) is 19.4 Å². The smallest absolute Gasteiger partial charge is 0.253 e. The van der Waals surface area contributed by atoms with Gasteiger partial charge in [-0.15, -0.1) is 0 Å². The molecule has 0 fully saturated rings. The predicted molar refractivity (Wildman–Crippen MR) is 67.8 cm³/mol. The quantitative estimate of drug-likeness (QED) is 0.781. The van der Waals surface area contributed by atoms with Crippen molar-refractivity contribution in [2.45, 2.75) is 19.9 Å². The third kappa shape index (κ3) is 2.33. The standard InChI is InChI=1S/C14H17NO2/c1-10(2)15(3)14(16)12-8-11-6-4-5-7-13(11)17-9-12/h4-8,10H,9H2,1-3H3.